The normalized spacial score (nSPS) is 10.8. The number of anilines is 1. The van der Waals surface area contributed by atoms with Gasteiger partial charge < -0.3 is 5.11 Å². The Morgan fingerprint density at radius 3 is 2.62 bits per heavy atom. The van der Waals surface area contributed by atoms with Gasteiger partial charge in [-0.1, -0.05) is 0 Å². The maximum Gasteiger partial charge on any atom is 0.271 e. The van der Waals surface area contributed by atoms with E-state index in [0.29, 0.717) is 0 Å². The van der Waals surface area contributed by atoms with Crippen molar-refractivity contribution < 1.29 is 18.4 Å². The molecule has 0 aliphatic heterocycles. The van der Waals surface area contributed by atoms with Crippen molar-refractivity contribution in [3.8, 4) is 11.8 Å². The number of nitriles is 1. The number of phenols is 1. The molecule has 2 rings (SSSR count). The lowest BCUT2D eigenvalue weighted by molar-refractivity contribution is -0.384. The van der Waals surface area contributed by atoms with Crippen molar-refractivity contribution in [3.05, 3.63) is 45.3 Å². The zero-order valence-corrected chi connectivity index (χ0v) is 11.8. The topological polar surface area (TPSA) is 133 Å². The average molecular weight is 325 g/mol. The molecule has 0 amide bonds. The minimum absolute atomic E-state index is 0.134. The SMILES string of the molecule is N#Cc1ccc(S(=O)(=O)Nc2cc([N+](=O)[O-])ccc2O)s1. The first-order valence-corrected chi connectivity index (χ1v) is 7.63. The van der Waals surface area contributed by atoms with Crippen molar-refractivity contribution in [2.45, 2.75) is 4.21 Å². The van der Waals surface area contributed by atoms with Crippen LogP contribution in [0, 0.1) is 21.4 Å². The first-order chi connectivity index (χ1) is 9.83. The second-order valence-corrected chi connectivity index (χ2v) is 6.79. The lowest BCUT2D eigenvalue weighted by Gasteiger charge is -2.07. The molecule has 2 aromatic rings. The summed E-state index contributed by atoms with van der Waals surface area (Å²) in [6.07, 6.45) is 0. The number of nitrogens with zero attached hydrogens (tertiary/aromatic N) is 2. The average Bonchev–Trinajstić information content (AvgIpc) is 2.90. The molecule has 2 N–H and O–H groups in total. The highest BCUT2D eigenvalue weighted by atomic mass is 32.2. The zero-order chi connectivity index (χ0) is 15.6. The Hall–Kier alpha value is -2.64. The molecule has 0 bridgehead atoms. The highest BCUT2D eigenvalue weighted by Gasteiger charge is 2.20. The summed E-state index contributed by atoms with van der Waals surface area (Å²) in [5.41, 5.74) is -0.675. The second kappa shape index (κ2) is 5.39. The number of phenolic OH excluding ortho intramolecular Hbond substituents is 1. The van der Waals surface area contributed by atoms with E-state index in [1.54, 1.807) is 6.07 Å². The highest BCUT2D eigenvalue weighted by molar-refractivity contribution is 7.94. The summed E-state index contributed by atoms with van der Waals surface area (Å²) in [6, 6.07) is 7.36. The van der Waals surface area contributed by atoms with Crippen LogP contribution < -0.4 is 4.72 Å². The molecule has 0 fully saturated rings. The largest absolute Gasteiger partial charge is 0.506 e. The van der Waals surface area contributed by atoms with Crippen LogP contribution in [0.25, 0.3) is 0 Å². The van der Waals surface area contributed by atoms with Gasteiger partial charge in [0.25, 0.3) is 15.7 Å². The Bertz CT molecular complexity index is 851. The molecule has 1 aromatic heterocycles. The number of benzene rings is 1. The monoisotopic (exact) mass is 325 g/mol. The number of aromatic hydroxyl groups is 1. The zero-order valence-electron chi connectivity index (χ0n) is 10.2. The molecule has 0 atom stereocenters. The van der Waals surface area contributed by atoms with Crippen LogP contribution in [0.2, 0.25) is 0 Å². The van der Waals surface area contributed by atoms with Crippen LogP contribution in [0.1, 0.15) is 4.88 Å². The van der Waals surface area contributed by atoms with E-state index in [0.717, 1.165) is 29.5 Å². The van der Waals surface area contributed by atoms with Gasteiger partial charge in [0.05, 0.1) is 10.6 Å². The maximum absolute atomic E-state index is 12.1. The number of nitrogens with one attached hydrogen (secondary N) is 1. The van der Waals surface area contributed by atoms with Crippen molar-refractivity contribution in [1.29, 1.82) is 5.26 Å². The van der Waals surface area contributed by atoms with E-state index in [1.165, 1.54) is 12.1 Å². The fraction of sp³-hybridized carbons (Fsp3) is 0. The molecule has 10 heteroatoms. The minimum atomic E-state index is -4.03. The number of thiophene rings is 1. The fourth-order valence-electron chi connectivity index (χ4n) is 1.44. The number of hydrogen-bond donors (Lipinski definition) is 2. The number of nitro benzene ring substituents is 1. The molecule has 0 radical (unpaired) electrons. The Morgan fingerprint density at radius 1 is 1.33 bits per heavy atom. The summed E-state index contributed by atoms with van der Waals surface area (Å²) in [7, 11) is -4.03. The van der Waals surface area contributed by atoms with E-state index in [-0.39, 0.29) is 20.5 Å². The van der Waals surface area contributed by atoms with Crippen LogP contribution in [-0.4, -0.2) is 18.4 Å². The molecule has 0 unspecified atom stereocenters. The lowest BCUT2D eigenvalue weighted by atomic mass is 10.2. The predicted octanol–water partition coefficient (Wildman–Crippen LogP) is 2.03. The van der Waals surface area contributed by atoms with Gasteiger partial charge in [-0.15, -0.1) is 11.3 Å². The van der Waals surface area contributed by atoms with Crippen LogP contribution in [-0.2, 0) is 10.0 Å². The van der Waals surface area contributed by atoms with Crippen molar-refractivity contribution in [2.24, 2.45) is 0 Å². The van der Waals surface area contributed by atoms with Crippen LogP contribution in [0.4, 0.5) is 11.4 Å². The third-order valence-corrected chi connectivity index (χ3v) is 5.24. The predicted molar refractivity (Wildman–Crippen MR) is 74.6 cm³/mol. The standard InChI is InChI=1S/C11H7N3O5S2/c12-6-8-2-4-11(20-8)21(18,19)13-9-5-7(14(16)17)1-3-10(9)15/h1-5,13,15H. The fourth-order valence-corrected chi connectivity index (χ4v) is 3.61. The molecule has 0 spiro atoms. The van der Waals surface area contributed by atoms with Crippen LogP contribution in [0.5, 0.6) is 5.75 Å². The molecule has 1 heterocycles. The van der Waals surface area contributed by atoms with Crippen molar-refractivity contribution in [2.75, 3.05) is 4.72 Å². The molecule has 1 aromatic carbocycles. The smallest absolute Gasteiger partial charge is 0.271 e. The summed E-state index contributed by atoms with van der Waals surface area (Å²) in [4.78, 5) is 10.1. The first kappa shape index (κ1) is 14.8. The Kier molecular flexibility index (Phi) is 3.79. The van der Waals surface area contributed by atoms with Crippen molar-refractivity contribution in [3.63, 3.8) is 0 Å². The summed E-state index contributed by atoms with van der Waals surface area (Å²) in [6.45, 7) is 0. The van der Waals surface area contributed by atoms with Gasteiger partial charge in [0.1, 0.15) is 20.9 Å². The summed E-state index contributed by atoms with van der Waals surface area (Å²) < 4.78 is 26.1. The quantitative estimate of drug-likeness (QED) is 0.502. The van der Waals surface area contributed by atoms with E-state index >= 15 is 0 Å². The molecule has 0 saturated heterocycles. The van der Waals surface area contributed by atoms with Gasteiger partial charge in [-0.25, -0.2) is 8.42 Å². The molecule has 8 nitrogen and oxygen atoms in total. The highest BCUT2D eigenvalue weighted by Crippen LogP contribution is 2.31. The van der Waals surface area contributed by atoms with Gasteiger partial charge in [-0.3, -0.25) is 14.8 Å². The molecule has 108 valence electrons. The number of nitro groups is 1. The summed E-state index contributed by atoms with van der Waals surface area (Å²) in [5, 5.41) is 28.9. The van der Waals surface area contributed by atoms with Crippen LogP contribution >= 0.6 is 11.3 Å². The Morgan fingerprint density at radius 2 is 2.05 bits per heavy atom. The Labute approximate surface area is 123 Å². The van der Waals surface area contributed by atoms with E-state index in [1.807, 2.05) is 0 Å². The summed E-state index contributed by atoms with van der Waals surface area (Å²) in [5.74, 6) is -0.443. The molecular formula is C11H7N3O5S2. The van der Waals surface area contributed by atoms with E-state index < -0.39 is 20.7 Å². The van der Waals surface area contributed by atoms with Gasteiger partial charge in [0.2, 0.25) is 0 Å². The van der Waals surface area contributed by atoms with E-state index in [9.17, 15) is 23.6 Å². The van der Waals surface area contributed by atoms with Crippen molar-refractivity contribution >= 4 is 32.7 Å². The third-order valence-electron chi connectivity index (χ3n) is 2.39. The lowest BCUT2D eigenvalue weighted by Crippen LogP contribution is -2.11. The molecule has 21 heavy (non-hydrogen) atoms. The number of sulfonamides is 1. The van der Waals surface area contributed by atoms with Crippen LogP contribution in [0.3, 0.4) is 0 Å². The molecule has 0 aliphatic carbocycles. The Balaban J connectivity index is 2.39. The third kappa shape index (κ3) is 3.10. The van der Waals surface area contributed by atoms with Gasteiger partial charge >= 0.3 is 0 Å². The second-order valence-electron chi connectivity index (χ2n) is 3.79. The van der Waals surface area contributed by atoms with Gasteiger partial charge in [-0.2, -0.15) is 5.26 Å². The van der Waals surface area contributed by atoms with Gasteiger partial charge in [0.15, 0.2) is 0 Å². The molecular weight excluding hydrogens is 318 g/mol. The molecule has 0 saturated carbocycles. The number of rotatable bonds is 4. The first-order valence-electron chi connectivity index (χ1n) is 5.33. The minimum Gasteiger partial charge on any atom is -0.506 e. The summed E-state index contributed by atoms with van der Waals surface area (Å²) >= 11 is 0.748. The van der Waals surface area contributed by atoms with Gasteiger partial charge in [0, 0.05) is 12.1 Å². The van der Waals surface area contributed by atoms with Crippen molar-refractivity contribution in [1.82, 2.24) is 0 Å². The van der Waals surface area contributed by atoms with Crippen LogP contribution in [0.15, 0.2) is 34.5 Å². The van der Waals surface area contributed by atoms with E-state index in [2.05, 4.69) is 4.72 Å². The number of non-ortho nitro benzene ring substituents is 1. The van der Waals surface area contributed by atoms with E-state index in [4.69, 9.17) is 5.26 Å². The maximum atomic E-state index is 12.1. The number of hydrogen-bond acceptors (Lipinski definition) is 7. The molecule has 0 aliphatic rings. The van der Waals surface area contributed by atoms with Gasteiger partial charge in [-0.05, 0) is 18.2 Å².